The molecule has 2 heterocycles. The summed E-state index contributed by atoms with van der Waals surface area (Å²) in [6, 6.07) is 14.9. The number of urea groups is 2. The highest BCUT2D eigenvalue weighted by atomic mass is 19.1. The molecule has 1 spiro atoms. The van der Waals surface area contributed by atoms with Crippen LogP contribution >= 0.6 is 0 Å². The third kappa shape index (κ3) is 2.84. The van der Waals surface area contributed by atoms with Crippen molar-refractivity contribution in [2.75, 3.05) is 0 Å². The Morgan fingerprint density at radius 2 is 1.91 bits per heavy atom. The first kappa shape index (κ1) is 19.7. The molecular formula is C24H18FN3O4. The molecule has 8 heteroatoms. The summed E-state index contributed by atoms with van der Waals surface area (Å²) < 4.78 is 19.4. The Morgan fingerprint density at radius 3 is 2.75 bits per heavy atom. The third-order valence-corrected chi connectivity index (χ3v) is 5.81. The van der Waals surface area contributed by atoms with Gasteiger partial charge < -0.3 is 10.1 Å². The van der Waals surface area contributed by atoms with Crippen LogP contribution in [0.3, 0.4) is 0 Å². The Bertz CT molecular complexity index is 1320. The molecule has 2 N–H and O–H groups in total. The highest BCUT2D eigenvalue weighted by Crippen LogP contribution is 2.43. The van der Waals surface area contributed by atoms with Crippen LogP contribution in [0.2, 0.25) is 0 Å². The minimum Gasteiger partial charge on any atom is -0.465 e. The van der Waals surface area contributed by atoms with Crippen LogP contribution in [-0.2, 0) is 10.3 Å². The molecule has 0 bridgehead atoms. The quantitative estimate of drug-likeness (QED) is 0.598. The summed E-state index contributed by atoms with van der Waals surface area (Å²) in [5.41, 5.74) is -0.934. The van der Waals surface area contributed by atoms with Crippen molar-refractivity contribution in [2.24, 2.45) is 0 Å². The lowest BCUT2D eigenvalue weighted by Crippen LogP contribution is -2.53. The van der Waals surface area contributed by atoms with Gasteiger partial charge in [-0.05, 0) is 47.5 Å². The molecule has 2 aliphatic heterocycles. The second-order valence-corrected chi connectivity index (χ2v) is 7.66. The van der Waals surface area contributed by atoms with Gasteiger partial charge in [0, 0.05) is 5.56 Å². The molecule has 3 aromatic rings. The van der Waals surface area contributed by atoms with Crippen LogP contribution in [0.1, 0.15) is 24.1 Å². The zero-order valence-corrected chi connectivity index (χ0v) is 17.0. The van der Waals surface area contributed by atoms with Gasteiger partial charge in [0.25, 0.3) is 5.91 Å². The van der Waals surface area contributed by atoms with E-state index in [4.69, 9.17) is 4.74 Å². The van der Waals surface area contributed by atoms with E-state index in [-0.39, 0.29) is 11.3 Å². The number of ether oxygens (including phenoxy) is 1. The maximum absolute atomic E-state index is 14.0. The number of amides is 5. The standard InChI is InChI=1S/C24H18FN3O4/c1-14(17-8-4-6-15-5-2-3-7-18(15)17)26-22(30)28-23(31)27-21(29)24(28)11-12-32-20-10-9-16(25)13-19(20)24/h2-14H,1H3,(H,26,30)(H,27,29,31)/t14-,24+/m0/s1. The van der Waals surface area contributed by atoms with Crippen LogP contribution in [0.5, 0.6) is 5.75 Å². The number of carbonyl (C=O) groups is 3. The molecule has 3 aromatic carbocycles. The van der Waals surface area contributed by atoms with Crippen molar-refractivity contribution in [3.05, 3.63) is 89.9 Å². The fraction of sp³-hybridized carbons (Fsp3) is 0.125. The Labute approximate surface area is 182 Å². The van der Waals surface area contributed by atoms with Crippen molar-refractivity contribution in [1.29, 1.82) is 0 Å². The van der Waals surface area contributed by atoms with Crippen molar-refractivity contribution in [3.8, 4) is 5.75 Å². The van der Waals surface area contributed by atoms with Gasteiger partial charge in [-0.25, -0.2) is 18.9 Å². The molecule has 2 aliphatic rings. The Kier molecular flexibility index (Phi) is 4.44. The van der Waals surface area contributed by atoms with Gasteiger partial charge in [-0.1, -0.05) is 42.5 Å². The van der Waals surface area contributed by atoms with Crippen molar-refractivity contribution >= 4 is 28.7 Å². The third-order valence-electron chi connectivity index (χ3n) is 5.81. The summed E-state index contributed by atoms with van der Waals surface area (Å²) in [7, 11) is 0. The van der Waals surface area contributed by atoms with E-state index in [1.54, 1.807) is 6.92 Å². The Hall–Kier alpha value is -4.20. The largest absolute Gasteiger partial charge is 0.465 e. The summed E-state index contributed by atoms with van der Waals surface area (Å²) in [6.07, 6.45) is 2.49. The molecule has 5 amide bonds. The van der Waals surface area contributed by atoms with Gasteiger partial charge in [-0.2, -0.15) is 0 Å². The average molecular weight is 431 g/mol. The number of rotatable bonds is 2. The van der Waals surface area contributed by atoms with E-state index in [1.807, 2.05) is 42.5 Å². The maximum Gasteiger partial charge on any atom is 0.333 e. The molecule has 7 nitrogen and oxygen atoms in total. The SMILES string of the molecule is C[C@H](NC(=O)N1C(=O)NC(=O)[C@]12C=COc1ccc(F)cc12)c1cccc2ccccc12. The van der Waals surface area contributed by atoms with Crippen molar-refractivity contribution in [3.63, 3.8) is 0 Å². The minimum atomic E-state index is -1.85. The molecule has 1 saturated heterocycles. The molecule has 0 radical (unpaired) electrons. The number of imide groups is 2. The number of halogens is 1. The van der Waals surface area contributed by atoms with Crippen LogP contribution in [0.4, 0.5) is 14.0 Å². The van der Waals surface area contributed by atoms with Crippen LogP contribution in [-0.4, -0.2) is 22.9 Å². The predicted molar refractivity (Wildman–Crippen MR) is 114 cm³/mol. The summed E-state index contributed by atoms with van der Waals surface area (Å²) in [6.45, 7) is 1.79. The lowest BCUT2D eigenvalue weighted by atomic mass is 9.86. The zero-order valence-electron chi connectivity index (χ0n) is 17.0. The second-order valence-electron chi connectivity index (χ2n) is 7.66. The highest BCUT2D eigenvalue weighted by molar-refractivity contribution is 6.15. The maximum atomic E-state index is 14.0. The van der Waals surface area contributed by atoms with Gasteiger partial charge >= 0.3 is 12.1 Å². The lowest BCUT2D eigenvalue weighted by Gasteiger charge is -2.35. The van der Waals surface area contributed by atoms with Crippen molar-refractivity contribution < 1.29 is 23.5 Å². The second kappa shape index (κ2) is 7.19. The first-order valence-electron chi connectivity index (χ1n) is 10.00. The average Bonchev–Trinajstić information content (AvgIpc) is 3.03. The van der Waals surface area contributed by atoms with Gasteiger partial charge in [0.1, 0.15) is 11.6 Å². The van der Waals surface area contributed by atoms with Gasteiger partial charge in [0.2, 0.25) is 0 Å². The first-order valence-corrected chi connectivity index (χ1v) is 10.00. The summed E-state index contributed by atoms with van der Waals surface area (Å²) in [5.74, 6) is -1.21. The molecule has 32 heavy (non-hydrogen) atoms. The normalized spacial score (nSPS) is 20.1. The van der Waals surface area contributed by atoms with Crippen LogP contribution in [0.15, 0.2) is 73.0 Å². The van der Waals surface area contributed by atoms with E-state index in [0.717, 1.165) is 27.3 Å². The Morgan fingerprint density at radius 1 is 1.12 bits per heavy atom. The number of nitrogens with zero attached hydrogens (tertiary/aromatic N) is 1. The molecule has 160 valence electrons. The topological polar surface area (TPSA) is 87.7 Å². The lowest BCUT2D eigenvalue weighted by molar-refractivity contribution is -0.124. The smallest absolute Gasteiger partial charge is 0.333 e. The highest BCUT2D eigenvalue weighted by Gasteiger charge is 2.58. The number of nitrogens with one attached hydrogen (secondary N) is 2. The molecule has 2 atom stereocenters. The molecule has 0 saturated carbocycles. The first-order chi connectivity index (χ1) is 15.4. The van der Waals surface area contributed by atoms with E-state index < -0.39 is 35.4 Å². The molecule has 0 unspecified atom stereocenters. The minimum absolute atomic E-state index is 0.0660. The van der Waals surface area contributed by atoms with E-state index in [9.17, 15) is 18.8 Å². The number of hydrogen-bond donors (Lipinski definition) is 2. The summed E-state index contributed by atoms with van der Waals surface area (Å²) in [5, 5.41) is 6.94. The molecule has 0 aromatic heterocycles. The summed E-state index contributed by atoms with van der Waals surface area (Å²) >= 11 is 0. The van der Waals surface area contributed by atoms with Crippen LogP contribution in [0.25, 0.3) is 10.8 Å². The molecular weight excluding hydrogens is 413 g/mol. The number of carbonyl (C=O) groups excluding carboxylic acids is 3. The molecule has 0 aliphatic carbocycles. The van der Waals surface area contributed by atoms with E-state index in [0.29, 0.717) is 0 Å². The van der Waals surface area contributed by atoms with Crippen molar-refractivity contribution in [1.82, 2.24) is 15.5 Å². The number of hydrogen-bond acceptors (Lipinski definition) is 4. The molecule has 1 fully saturated rings. The zero-order chi connectivity index (χ0) is 22.5. The number of fused-ring (bicyclic) bond motifs is 3. The van der Waals surface area contributed by atoms with Gasteiger partial charge in [-0.15, -0.1) is 0 Å². The predicted octanol–water partition coefficient (Wildman–Crippen LogP) is 4.10. The van der Waals surface area contributed by atoms with Crippen LogP contribution < -0.4 is 15.4 Å². The van der Waals surface area contributed by atoms with E-state index in [2.05, 4.69) is 10.6 Å². The van der Waals surface area contributed by atoms with Gasteiger partial charge in [-0.3, -0.25) is 10.1 Å². The van der Waals surface area contributed by atoms with E-state index >= 15 is 0 Å². The van der Waals surface area contributed by atoms with E-state index in [1.165, 1.54) is 24.5 Å². The number of benzene rings is 3. The van der Waals surface area contributed by atoms with Gasteiger partial charge in [0.05, 0.1) is 12.3 Å². The monoisotopic (exact) mass is 431 g/mol. The summed E-state index contributed by atoms with van der Waals surface area (Å²) in [4.78, 5) is 39.7. The Balaban J connectivity index is 1.53. The fourth-order valence-corrected chi connectivity index (χ4v) is 4.31. The van der Waals surface area contributed by atoms with Gasteiger partial charge in [0.15, 0.2) is 5.54 Å². The fourth-order valence-electron chi connectivity index (χ4n) is 4.31. The molecule has 5 rings (SSSR count). The van der Waals surface area contributed by atoms with Crippen LogP contribution in [0, 0.1) is 5.82 Å². The van der Waals surface area contributed by atoms with Crippen molar-refractivity contribution in [2.45, 2.75) is 18.5 Å².